The van der Waals surface area contributed by atoms with Gasteiger partial charge in [0.2, 0.25) is 0 Å². The molecule has 7 heteroatoms. The summed E-state index contributed by atoms with van der Waals surface area (Å²) in [7, 11) is 0. The molecule has 150 valence electrons. The van der Waals surface area contributed by atoms with Gasteiger partial charge in [-0.2, -0.15) is 5.26 Å². The smallest absolute Gasteiger partial charge is 0.340 e. The van der Waals surface area contributed by atoms with E-state index in [9.17, 15) is 19.2 Å². The van der Waals surface area contributed by atoms with Crippen molar-refractivity contribution in [1.82, 2.24) is 0 Å². The van der Waals surface area contributed by atoms with E-state index in [2.05, 4.69) is 5.32 Å². The fourth-order valence-electron chi connectivity index (χ4n) is 2.66. The second kappa shape index (κ2) is 9.34. The Hall–Kier alpha value is -4.18. The molecule has 0 atom stereocenters. The van der Waals surface area contributed by atoms with Gasteiger partial charge in [0.15, 0.2) is 0 Å². The largest absolute Gasteiger partial charge is 0.462 e. The van der Waals surface area contributed by atoms with Crippen LogP contribution in [0.5, 0.6) is 0 Å². The Morgan fingerprint density at radius 2 is 1.87 bits per heavy atom. The maximum atomic E-state index is 13.1. The van der Waals surface area contributed by atoms with Gasteiger partial charge in [-0.1, -0.05) is 12.1 Å². The molecule has 0 aliphatic carbocycles. The van der Waals surface area contributed by atoms with Crippen molar-refractivity contribution in [2.75, 3.05) is 11.9 Å². The summed E-state index contributed by atoms with van der Waals surface area (Å²) in [6, 6.07) is 17.2. The monoisotopic (exact) mass is 404 g/mol. The summed E-state index contributed by atoms with van der Waals surface area (Å²) in [5.41, 5.74) is 0.853. The standard InChI is InChI=1S/C23H17FN2O4/c1-2-29-23(28)19-5-3-4-6-20(19)26-22(27)16(14-25)13-18-11-12-21(30-18)15-7-9-17(24)10-8-15/h3-13H,2H2,1H3,(H,26,27). The summed E-state index contributed by atoms with van der Waals surface area (Å²) in [5, 5.41) is 12.0. The SMILES string of the molecule is CCOC(=O)c1ccccc1NC(=O)C(C#N)=Cc1ccc(-c2ccc(F)cc2)o1. The Kier molecular flexibility index (Phi) is 6.40. The Bertz CT molecular complexity index is 1140. The average molecular weight is 404 g/mol. The molecular formula is C23H17FN2O4. The van der Waals surface area contributed by atoms with Crippen LogP contribution in [0.3, 0.4) is 0 Å². The van der Waals surface area contributed by atoms with Gasteiger partial charge in [0.1, 0.15) is 29.0 Å². The van der Waals surface area contributed by atoms with Crippen molar-refractivity contribution in [2.24, 2.45) is 0 Å². The van der Waals surface area contributed by atoms with Gasteiger partial charge >= 0.3 is 5.97 Å². The number of benzene rings is 2. The first kappa shape index (κ1) is 20.6. The molecule has 0 radical (unpaired) electrons. The van der Waals surface area contributed by atoms with Crippen LogP contribution in [0.15, 0.2) is 70.7 Å². The third-order valence-electron chi connectivity index (χ3n) is 4.08. The molecule has 2 aromatic carbocycles. The molecule has 6 nitrogen and oxygen atoms in total. The number of anilines is 1. The summed E-state index contributed by atoms with van der Waals surface area (Å²) >= 11 is 0. The highest BCUT2D eigenvalue weighted by Gasteiger charge is 2.17. The molecule has 0 aliphatic heterocycles. The van der Waals surface area contributed by atoms with Crippen molar-refractivity contribution in [1.29, 1.82) is 5.26 Å². The number of furan rings is 1. The fraction of sp³-hybridized carbons (Fsp3) is 0.0870. The molecule has 1 heterocycles. The van der Waals surface area contributed by atoms with Crippen molar-refractivity contribution in [3.8, 4) is 17.4 Å². The lowest BCUT2D eigenvalue weighted by Crippen LogP contribution is -2.17. The van der Waals surface area contributed by atoms with Gasteiger partial charge in [0.25, 0.3) is 5.91 Å². The van der Waals surface area contributed by atoms with Gasteiger partial charge in [-0.15, -0.1) is 0 Å². The Labute approximate surface area is 172 Å². The fourth-order valence-corrected chi connectivity index (χ4v) is 2.66. The van der Waals surface area contributed by atoms with Crippen molar-refractivity contribution < 1.29 is 23.1 Å². The van der Waals surface area contributed by atoms with E-state index in [4.69, 9.17) is 9.15 Å². The molecular weight excluding hydrogens is 387 g/mol. The summed E-state index contributed by atoms with van der Waals surface area (Å²) < 4.78 is 23.7. The summed E-state index contributed by atoms with van der Waals surface area (Å²) in [5.74, 6) is -0.900. The van der Waals surface area contributed by atoms with E-state index in [0.29, 0.717) is 11.3 Å². The zero-order valence-electron chi connectivity index (χ0n) is 16.0. The second-order valence-electron chi connectivity index (χ2n) is 6.10. The van der Waals surface area contributed by atoms with Crippen LogP contribution in [0.2, 0.25) is 0 Å². The molecule has 0 aliphatic rings. The minimum Gasteiger partial charge on any atom is -0.462 e. The Morgan fingerprint density at radius 1 is 1.13 bits per heavy atom. The lowest BCUT2D eigenvalue weighted by Gasteiger charge is -2.09. The van der Waals surface area contributed by atoms with E-state index in [0.717, 1.165) is 0 Å². The van der Waals surface area contributed by atoms with Crippen LogP contribution in [-0.2, 0) is 9.53 Å². The third kappa shape index (κ3) is 4.80. The zero-order valence-corrected chi connectivity index (χ0v) is 16.0. The molecule has 0 saturated carbocycles. The summed E-state index contributed by atoms with van der Waals surface area (Å²) in [4.78, 5) is 24.6. The van der Waals surface area contributed by atoms with E-state index in [1.807, 2.05) is 6.07 Å². The maximum Gasteiger partial charge on any atom is 0.340 e. The van der Waals surface area contributed by atoms with Crippen LogP contribution >= 0.6 is 0 Å². The predicted octanol–water partition coefficient (Wildman–Crippen LogP) is 4.81. The molecule has 0 saturated heterocycles. The van der Waals surface area contributed by atoms with E-state index < -0.39 is 11.9 Å². The molecule has 1 amide bonds. The van der Waals surface area contributed by atoms with Gasteiger partial charge in [0.05, 0.1) is 17.9 Å². The number of nitriles is 1. The number of carbonyl (C=O) groups is 2. The first-order valence-corrected chi connectivity index (χ1v) is 9.07. The predicted molar refractivity (Wildman–Crippen MR) is 109 cm³/mol. The molecule has 30 heavy (non-hydrogen) atoms. The van der Waals surface area contributed by atoms with Crippen LogP contribution in [0.1, 0.15) is 23.0 Å². The number of hydrogen-bond donors (Lipinski definition) is 1. The number of esters is 1. The average Bonchev–Trinajstić information content (AvgIpc) is 3.21. The molecule has 3 aromatic rings. The lowest BCUT2D eigenvalue weighted by atomic mass is 10.1. The maximum absolute atomic E-state index is 13.1. The molecule has 0 spiro atoms. The number of amides is 1. The number of rotatable bonds is 6. The van der Waals surface area contributed by atoms with Gasteiger partial charge in [-0.25, -0.2) is 9.18 Å². The number of hydrogen-bond acceptors (Lipinski definition) is 5. The molecule has 0 unspecified atom stereocenters. The van der Waals surface area contributed by atoms with E-state index in [1.54, 1.807) is 49.4 Å². The molecule has 1 aromatic heterocycles. The Morgan fingerprint density at radius 3 is 2.57 bits per heavy atom. The number of carbonyl (C=O) groups excluding carboxylic acids is 2. The van der Waals surface area contributed by atoms with Crippen molar-refractivity contribution >= 4 is 23.6 Å². The quantitative estimate of drug-likeness (QED) is 0.362. The van der Waals surface area contributed by atoms with Crippen LogP contribution in [0, 0.1) is 17.1 Å². The van der Waals surface area contributed by atoms with Gasteiger partial charge in [-0.05, 0) is 55.5 Å². The van der Waals surface area contributed by atoms with Gasteiger partial charge < -0.3 is 14.5 Å². The summed E-state index contributed by atoms with van der Waals surface area (Å²) in [6.07, 6.45) is 1.29. The second-order valence-corrected chi connectivity index (χ2v) is 6.10. The highest BCUT2D eigenvalue weighted by molar-refractivity contribution is 6.11. The first-order chi connectivity index (χ1) is 14.5. The highest BCUT2D eigenvalue weighted by Crippen LogP contribution is 2.24. The third-order valence-corrected chi connectivity index (χ3v) is 4.08. The van der Waals surface area contributed by atoms with Crippen LogP contribution in [0.25, 0.3) is 17.4 Å². The molecule has 1 N–H and O–H groups in total. The number of ether oxygens (including phenoxy) is 1. The normalized spacial score (nSPS) is 10.9. The number of nitrogens with one attached hydrogen (secondary N) is 1. The number of halogens is 1. The highest BCUT2D eigenvalue weighted by atomic mass is 19.1. The van der Waals surface area contributed by atoms with E-state index in [-0.39, 0.29) is 35.0 Å². The van der Waals surface area contributed by atoms with Crippen LogP contribution in [0.4, 0.5) is 10.1 Å². The van der Waals surface area contributed by atoms with E-state index in [1.165, 1.54) is 24.3 Å². The molecule has 0 fully saturated rings. The zero-order chi connectivity index (χ0) is 21.5. The van der Waals surface area contributed by atoms with Crippen molar-refractivity contribution in [2.45, 2.75) is 6.92 Å². The first-order valence-electron chi connectivity index (χ1n) is 9.07. The van der Waals surface area contributed by atoms with Crippen molar-refractivity contribution in [3.63, 3.8) is 0 Å². The van der Waals surface area contributed by atoms with Gasteiger partial charge in [-0.3, -0.25) is 4.79 Å². The minimum atomic E-state index is -0.700. The van der Waals surface area contributed by atoms with Crippen molar-refractivity contribution in [3.05, 3.63) is 83.4 Å². The summed E-state index contributed by atoms with van der Waals surface area (Å²) in [6.45, 7) is 1.87. The lowest BCUT2D eigenvalue weighted by molar-refractivity contribution is -0.112. The van der Waals surface area contributed by atoms with E-state index >= 15 is 0 Å². The van der Waals surface area contributed by atoms with Gasteiger partial charge in [0, 0.05) is 11.6 Å². The van der Waals surface area contributed by atoms with Crippen LogP contribution in [-0.4, -0.2) is 18.5 Å². The number of nitrogens with zero attached hydrogens (tertiary/aromatic N) is 1. The van der Waals surface area contributed by atoms with Crippen LogP contribution < -0.4 is 5.32 Å². The topological polar surface area (TPSA) is 92.3 Å². The minimum absolute atomic E-state index is 0.182. The Balaban J connectivity index is 1.81. The molecule has 0 bridgehead atoms. The molecule has 3 rings (SSSR count). The number of para-hydroxylation sites is 1.